The predicted octanol–water partition coefficient (Wildman–Crippen LogP) is 3.22. The number of halogens is 1. The van der Waals surface area contributed by atoms with E-state index in [0.717, 1.165) is 28.8 Å². The van der Waals surface area contributed by atoms with E-state index in [2.05, 4.69) is 36.4 Å². The van der Waals surface area contributed by atoms with E-state index >= 15 is 0 Å². The molecule has 4 heterocycles. The molecule has 1 saturated heterocycles. The van der Waals surface area contributed by atoms with E-state index in [1.54, 1.807) is 10.7 Å². The van der Waals surface area contributed by atoms with Gasteiger partial charge in [-0.2, -0.15) is 10.1 Å². The molecule has 0 spiro atoms. The molecule has 134 valence electrons. The molecule has 0 saturated carbocycles. The number of aromatic nitrogens is 5. The summed E-state index contributed by atoms with van der Waals surface area (Å²) in [5.74, 6) is 0.527. The van der Waals surface area contributed by atoms with E-state index in [1.165, 1.54) is 0 Å². The number of ether oxygens (including phenoxy) is 2. The van der Waals surface area contributed by atoms with Gasteiger partial charge in [0.15, 0.2) is 11.9 Å². The first-order valence-corrected chi connectivity index (χ1v) is 9.11. The molecule has 0 unspecified atom stereocenters. The first kappa shape index (κ1) is 17.8. The van der Waals surface area contributed by atoms with Crippen molar-refractivity contribution in [3.8, 4) is 0 Å². The first-order chi connectivity index (χ1) is 12.3. The molecule has 0 aromatic carbocycles. The van der Waals surface area contributed by atoms with Crippen LogP contribution in [0.2, 0.25) is 0 Å². The summed E-state index contributed by atoms with van der Waals surface area (Å²) in [7, 11) is 0. The summed E-state index contributed by atoms with van der Waals surface area (Å²) in [6, 6.07) is 3.83. The van der Waals surface area contributed by atoms with Crippen LogP contribution in [0, 0.1) is 0 Å². The van der Waals surface area contributed by atoms with Crippen molar-refractivity contribution in [1.29, 1.82) is 0 Å². The number of rotatable bonds is 5. The van der Waals surface area contributed by atoms with Crippen LogP contribution in [0.3, 0.4) is 0 Å². The Balaban J connectivity index is 0.000000880. The second kappa shape index (κ2) is 8.41. The summed E-state index contributed by atoms with van der Waals surface area (Å²) < 4.78 is 15.3. The Bertz CT molecular complexity index is 812. The fourth-order valence-corrected chi connectivity index (χ4v) is 2.84. The molecule has 3 aromatic heterocycles. The Morgan fingerprint density at radius 3 is 2.88 bits per heavy atom. The SMILES string of the molecule is Brc1cccn2nc(Nc3cnn(CCC4OCCO4)c3)nc12.CC. The van der Waals surface area contributed by atoms with Gasteiger partial charge in [0, 0.05) is 25.4 Å². The third-order valence-corrected chi connectivity index (χ3v) is 4.11. The zero-order valence-electron chi connectivity index (χ0n) is 14.2. The number of pyridine rings is 1. The van der Waals surface area contributed by atoms with Gasteiger partial charge in [-0.1, -0.05) is 13.8 Å². The topological polar surface area (TPSA) is 78.5 Å². The van der Waals surface area contributed by atoms with Crippen LogP contribution in [-0.2, 0) is 16.0 Å². The minimum absolute atomic E-state index is 0.118. The van der Waals surface area contributed by atoms with Gasteiger partial charge in [0.2, 0.25) is 5.95 Å². The number of aryl methyl sites for hydroxylation is 1. The molecule has 1 fully saturated rings. The summed E-state index contributed by atoms with van der Waals surface area (Å²) in [5, 5.41) is 11.8. The molecular weight excluding hydrogens is 388 g/mol. The van der Waals surface area contributed by atoms with Crippen LogP contribution < -0.4 is 5.32 Å². The maximum atomic E-state index is 5.42. The largest absolute Gasteiger partial charge is 0.350 e. The minimum Gasteiger partial charge on any atom is -0.350 e. The predicted molar refractivity (Wildman–Crippen MR) is 97.9 cm³/mol. The van der Waals surface area contributed by atoms with Crippen LogP contribution in [0.1, 0.15) is 20.3 Å². The number of hydrogen-bond donors (Lipinski definition) is 1. The summed E-state index contributed by atoms with van der Waals surface area (Å²) in [6.07, 6.45) is 6.17. The zero-order valence-corrected chi connectivity index (χ0v) is 15.8. The van der Waals surface area contributed by atoms with Crippen molar-refractivity contribution in [3.05, 3.63) is 35.2 Å². The van der Waals surface area contributed by atoms with Crippen LogP contribution in [-0.4, -0.2) is 43.9 Å². The Labute approximate surface area is 154 Å². The molecule has 9 heteroatoms. The van der Waals surface area contributed by atoms with Crippen molar-refractivity contribution in [2.45, 2.75) is 33.1 Å². The van der Waals surface area contributed by atoms with Crippen molar-refractivity contribution in [2.75, 3.05) is 18.5 Å². The highest BCUT2D eigenvalue weighted by Gasteiger charge is 2.15. The van der Waals surface area contributed by atoms with Gasteiger partial charge in [0.25, 0.3) is 0 Å². The first-order valence-electron chi connectivity index (χ1n) is 8.31. The van der Waals surface area contributed by atoms with Gasteiger partial charge >= 0.3 is 0 Å². The van der Waals surface area contributed by atoms with Gasteiger partial charge in [-0.05, 0) is 28.1 Å². The maximum absolute atomic E-state index is 5.42. The molecule has 0 atom stereocenters. The fraction of sp³-hybridized carbons (Fsp3) is 0.438. The number of fused-ring (bicyclic) bond motifs is 1. The van der Waals surface area contributed by atoms with Crippen LogP contribution in [0.5, 0.6) is 0 Å². The number of hydrogen-bond acceptors (Lipinski definition) is 6. The normalized spacial score (nSPS) is 14.5. The Hall–Kier alpha value is -1.97. The number of anilines is 2. The van der Waals surface area contributed by atoms with E-state index < -0.39 is 0 Å². The average molecular weight is 409 g/mol. The molecular formula is C16H21BrN6O2. The van der Waals surface area contributed by atoms with Crippen LogP contribution in [0.4, 0.5) is 11.6 Å². The van der Waals surface area contributed by atoms with E-state index in [9.17, 15) is 0 Å². The van der Waals surface area contributed by atoms with E-state index in [0.29, 0.717) is 19.2 Å². The van der Waals surface area contributed by atoms with Crippen molar-refractivity contribution in [3.63, 3.8) is 0 Å². The molecule has 1 N–H and O–H groups in total. The Morgan fingerprint density at radius 1 is 1.32 bits per heavy atom. The smallest absolute Gasteiger partial charge is 0.247 e. The van der Waals surface area contributed by atoms with Crippen LogP contribution >= 0.6 is 15.9 Å². The maximum Gasteiger partial charge on any atom is 0.247 e. The molecule has 4 rings (SSSR count). The van der Waals surface area contributed by atoms with Gasteiger partial charge in [0.1, 0.15) is 0 Å². The quantitative estimate of drug-likeness (QED) is 0.697. The lowest BCUT2D eigenvalue weighted by molar-refractivity contribution is -0.0495. The van der Waals surface area contributed by atoms with Crippen molar-refractivity contribution >= 4 is 33.2 Å². The molecule has 3 aromatic rings. The standard InChI is InChI=1S/C14H15BrN6O2.C2H6/c15-11-2-1-4-21-13(11)18-14(19-21)17-10-8-16-20(9-10)5-3-12-22-6-7-23-12;1-2/h1-2,4,8-9,12H,3,5-7H2,(H,17,19);1-2H3. The second-order valence-corrected chi connectivity index (χ2v) is 5.99. The van der Waals surface area contributed by atoms with Gasteiger partial charge in [-0.25, -0.2) is 4.52 Å². The highest BCUT2D eigenvalue weighted by molar-refractivity contribution is 9.10. The Kier molecular flexibility index (Phi) is 6.00. The molecule has 0 radical (unpaired) electrons. The molecule has 0 aliphatic carbocycles. The summed E-state index contributed by atoms with van der Waals surface area (Å²) in [6.45, 7) is 6.08. The number of nitrogens with zero attached hydrogens (tertiary/aromatic N) is 5. The summed E-state index contributed by atoms with van der Waals surface area (Å²) in [5.41, 5.74) is 1.60. The summed E-state index contributed by atoms with van der Waals surface area (Å²) >= 11 is 3.46. The minimum atomic E-state index is -0.118. The number of nitrogens with one attached hydrogen (secondary N) is 1. The van der Waals surface area contributed by atoms with E-state index in [4.69, 9.17) is 9.47 Å². The molecule has 1 aliphatic heterocycles. The zero-order chi connectivity index (χ0) is 17.6. The fourth-order valence-electron chi connectivity index (χ4n) is 2.42. The lowest BCUT2D eigenvalue weighted by atomic mass is 10.4. The molecule has 0 bridgehead atoms. The lowest BCUT2D eigenvalue weighted by Crippen LogP contribution is -2.12. The van der Waals surface area contributed by atoms with E-state index in [1.807, 2.05) is 43.1 Å². The highest BCUT2D eigenvalue weighted by Crippen LogP contribution is 2.19. The molecule has 25 heavy (non-hydrogen) atoms. The van der Waals surface area contributed by atoms with Crippen molar-refractivity contribution in [2.24, 2.45) is 0 Å². The van der Waals surface area contributed by atoms with Crippen LogP contribution in [0.15, 0.2) is 35.2 Å². The highest BCUT2D eigenvalue weighted by atomic mass is 79.9. The third kappa shape index (κ3) is 4.36. The molecule has 1 aliphatic rings. The monoisotopic (exact) mass is 408 g/mol. The Morgan fingerprint density at radius 2 is 2.12 bits per heavy atom. The van der Waals surface area contributed by atoms with Crippen molar-refractivity contribution < 1.29 is 9.47 Å². The molecule has 0 amide bonds. The van der Waals surface area contributed by atoms with Gasteiger partial charge in [0.05, 0.1) is 29.6 Å². The van der Waals surface area contributed by atoms with Crippen LogP contribution in [0.25, 0.3) is 5.65 Å². The lowest BCUT2D eigenvalue weighted by Gasteiger charge is -2.08. The summed E-state index contributed by atoms with van der Waals surface area (Å²) in [4.78, 5) is 4.44. The van der Waals surface area contributed by atoms with E-state index in [-0.39, 0.29) is 6.29 Å². The average Bonchev–Trinajstić information content (AvgIpc) is 3.36. The van der Waals surface area contributed by atoms with Gasteiger partial charge in [-0.15, -0.1) is 5.10 Å². The molecule has 8 nitrogen and oxygen atoms in total. The third-order valence-electron chi connectivity index (χ3n) is 3.49. The second-order valence-electron chi connectivity index (χ2n) is 5.14. The van der Waals surface area contributed by atoms with Gasteiger partial charge in [-0.3, -0.25) is 4.68 Å². The van der Waals surface area contributed by atoms with Gasteiger partial charge < -0.3 is 14.8 Å². The van der Waals surface area contributed by atoms with Crippen molar-refractivity contribution in [1.82, 2.24) is 24.4 Å².